The molecule has 0 unspecified atom stereocenters. The lowest BCUT2D eigenvalue weighted by molar-refractivity contribution is -0.140. The highest BCUT2D eigenvalue weighted by atomic mass is 32.2. The van der Waals surface area contributed by atoms with Gasteiger partial charge in [-0.15, -0.1) is 0 Å². The number of aromatic nitrogens is 2. The molecule has 8 nitrogen and oxygen atoms in total. The average Bonchev–Trinajstić information content (AvgIpc) is 3.02. The molecule has 1 aromatic carbocycles. The van der Waals surface area contributed by atoms with Gasteiger partial charge in [0.2, 0.25) is 10.0 Å². The van der Waals surface area contributed by atoms with E-state index in [9.17, 15) is 18.0 Å². The fraction of sp³-hybridized carbons (Fsp3) is 0.333. The molecule has 0 spiro atoms. The molecule has 0 aliphatic carbocycles. The number of imidazole rings is 1. The summed E-state index contributed by atoms with van der Waals surface area (Å²) in [6.45, 7) is 0.182. The Balaban J connectivity index is 2.07. The van der Waals surface area contributed by atoms with Crippen LogP contribution in [0.25, 0.3) is 11.0 Å². The van der Waals surface area contributed by atoms with Crippen molar-refractivity contribution in [3.05, 3.63) is 28.7 Å². The largest absolute Gasteiger partial charge is 0.480 e. The zero-order valence-electron chi connectivity index (χ0n) is 10.9. The minimum absolute atomic E-state index is 0.0293. The fourth-order valence-corrected chi connectivity index (χ4v) is 4.26. The molecule has 9 heteroatoms. The van der Waals surface area contributed by atoms with Gasteiger partial charge in [0.15, 0.2) is 0 Å². The van der Waals surface area contributed by atoms with E-state index in [1.54, 1.807) is 0 Å². The Hall–Kier alpha value is -2.13. The maximum Gasteiger partial charge on any atom is 0.323 e. The Morgan fingerprint density at radius 2 is 2.00 bits per heavy atom. The molecule has 21 heavy (non-hydrogen) atoms. The third-order valence-corrected chi connectivity index (χ3v) is 5.49. The van der Waals surface area contributed by atoms with E-state index < -0.39 is 27.7 Å². The maximum absolute atomic E-state index is 12.6. The summed E-state index contributed by atoms with van der Waals surface area (Å²) in [6, 6.07) is 3.14. The Bertz CT molecular complexity index is 866. The first kappa shape index (κ1) is 13.8. The van der Waals surface area contributed by atoms with Crippen LogP contribution >= 0.6 is 0 Å². The van der Waals surface area contributed by atoms with Crippen molar-refractivity contribution in [1.82, 2.24) is 14.3 Å². The van der Waals surface area contributed by atoms with Crippen LogP contribution in [0.1, 0.15) is 12.8 Å². The zero-order chi connectivity index (χ0) is 15.2. The molecule has 0 amide bonds. The fourth-order valence-electron chi connectivity index (χ4n) is 2.58. The van der Waals surface area contributed by atoms with Crippen molar-refractivity contribution in [2.45, 2.75) is 23.8 Å². The lowest BCUT2D eigenvalue weighted by Crippen LogP contribution is -2.40. The summed E-state index contributed by atoms with van der Waals surface area (Å²) in [6.07, 6.45) is 0.817. The van der Waals surface area contributed by atoms with Crippen LogP contribution in [0.2, 0.25) is 0 Å². The summed E-state index contributed by atoms with van der Waals surface area (Å²) in [5.41, 5.74) is 0.437. The predicted octanol–water partition coefficient (Wildman–Crippen LogP) is 0.0939. The quantitative estimate of drug-likeness (QED) is 0.741. The second-order valence-electron chi connectivity index (χ2n) is 4.90. The Morgan fingerprint density at radius 1 is 1.29 bits per heavy atom. The first-order valence-electron chi connectivity index (χ1n) is 6.36. The van der Waals surface area contributed by atoms with Crippen molar-refractivity contribution >= 4 is 27.0 Å². The number of nitrogens with zero attached hydrogens (tertiary/aromatic N) is 1. The number of fused-ring (bicyclic) bond motifs is 1. The monoisotopic (exact) mass is 311 g/mol. The highest BCUT2D eigenvalue weighted by molar-refractivity contribution is 7.89. The van der Waals surface area contributed by atoms with Gasteiger partial charge in [-0.05, 0) is 31.0 Å². The van der Waals surface area contributed by atoms with Gasteiger partial charge in [-0.1, -0.05) is 0 Å². The van der Waals surface area contributed by atoms with Gasteiger partial charge in [0.05, 0.1) is 15.9 Å². The van der Waals surface area contributed by atoms with E-state index in [0.717, 1.165) is 4.31 Å². The lowest BCUT2D eigenvalue weighted by Gasteiger charge is -2.20. The molecule has 2 aromatic rings. The molecule has 0 radical (unpaired) electrons. The van der Waals surface area contributed by atoms with Gasteiger partial charge in [-0.3, -0.25) is 4.79 Å². The van der Waals surface area contributed by atoms with E-state index in [1.165, 1.54) is 18.2 Å². The Morgan fingerprint density at radius 3 is 2.71 bits per heavy atom. The van der Waals surface area contributed by atoms with Gasteiger partial charge >= 0.3 is 11.7 Å². The molecule has 112 valence electrons. The molecule has 1 atom stereocenters. The number of carbonyl (C=O) groups is 1. The highest BCUT2D eigenvalue weighted by Crippen LogP contribution is 2.27. The van der Waals surface area contributed by atoms with Crippen molar-refractivity contribution in [3.8, 4) is 0 Å². The highest BCUT2D eigenvalue weighted by Gasteiger charge is 2.39. The molecular formula is C12H13N3O5S. The summed E-state index contributed by atoms with van der Waals surface area (Å²) in [4.78, 5) is 27.3. The van der Waals surface area contributed by atoms with Crippen LogP contribution in [-0.4, -0.2) is 46.4 Å². The molecule has 2 heterocycles. The minimum Gasteiger partial charge on any atom is -0.480 e. The SMILES string of the molecule is O=C(O)[C@@H]1CCCN1S(=O)(=O)c1ccc2[nH]c(=O)[nH]c2c1. The molecule has 1 fully saturated rings. The molecule has 1 saturated heterocycles. The number of hydrogen-bond acceptors (Lipinski definition) is 4. The van der Waals surface area contributed by atoms with Crippen molar-refractivity contribution < 1.29 is 18.3 Å². The summed E-state index contributed by atoms with van der Waals surface area (Å²) in [7, 11) is -3.90. The Kier molecular flexibility index (Phi) is 3.10. The van der Waals surface area contributed by atoms with Crippen LogP contribution in [0.5, 0.6) is 0 Å². The number of aliphatic carboxylic acids is 1. The first-order valence-corrected chi connectivity index (χ1v) is 7.80. The number of sulfonamides is 1. The van der Waals surface area contributed by atoms with E-state index in [1.807, 2.05) is 0 Å². The van der Waals surface area contributed by atoms with E-state index >= 15 is 0 Å². The van der Waals surface area contributed by atoms with Crippen LogP contribution in [0.15, 0.2) is 27.9 Å². The van der Waals surface area contributed by atoms with Crippen LogP contribution in [0.4, 0.5) is 0 Å². The number of nitrogens with one attached hydrogen (secondary N) is 2. The number of rotatable bonds is 3. The summed E-state index contributed by atoms with van der Waals surface area (Å²) < 4.78 is 26.1. The summed E-state index contributed by atoms with van der Waals surface area (Å²) >= 11 is 0. The first-order chi connectivity index (χ1) is 9.89. The van der Waals surface area contributed by atoms with Crippen LogP contribution in [-0.2, 0) is 14.8 Å². The number of carboxylic acid groups (broad SMARTS) is 1. The zero-order valence-corrected chi connectivity index (χ0v) is 11.7. The van der Waals surface area contributed by atoms with E-state index in [4.69, 9.17) is 5.11 Å². The Labute approximate surface area is 119 Å². The van der Waals surface area contributed by atoms with Gasteiger partial charge in [0, 0.05) is 6.54 Å². The van der Waals surface area contributed by atoms with Gasteiger partial charge in [0.1, 0.15) is 6.04 Å². The van der Waals surface area contributed by atoms with Gasteiger partial charge < -0.3 is 15.1 Å². The van der Waals surface area contributed by atoms with Crippen molar-refractivity contribution in [2.24, 2.45) is 0 Å². The van der Waals surface area contributed by atoms with Crippen LogP contribution < -0.4 is 5.69 Å². The van der Waals surface area contributed by atoms with Crippen molar-refractivity contribution in [3.63, 3.8) is 0 Å². The summed E-state index contributed by atoms with van der Waals surface area (Å²) in [5, 5.41) is 9.11. The normalized spacial score (nSPS) is 20.1. The topological polar surface area (TPSA) is 123 Å². The third-order valence-electron chi connectivity index (χ3n) is 3.58. The van der Waals surface area contributed by atoms with Gasteiger partial charge in [-0.2, -0.15) is 4.31 Å². The molecule has 1 aliphatic rings. The third kappa shape index (κ3) is 2.24. The standard InChI is InChI=1S/C12H13N3O5S/c16-11(17)10-2-1-5-15(10)21(19,20)7-3-4-8-9(6-7)14-12(18)13-8/h3-4,6,10H,1-2,5H2,(H,16,17)(H2,13,14,18)/t10-/m0/s1. The molecule has 0 bridgehead atoms. The smallest absolute Gasteiger partial charge is 0.323 e. The molecule has 3 rings (SSSR count). The van der Waals surface area contributed by atoms with E-state index in [2.05, 4.69) is 9.97 Å². The van der Waals surface area contributed by atoms with Crippen molar-refractivity contribution in [1.29, 1.82) is 0 Å². The van der Waals surface area contributed by atoms with E-state index in [0.29, 0.717) is 23.9 Å². The maximum atomic E-state index is 12.6. The number of H-pyrrole nitrogens is 2. The molecule has 3 N–H and O–H groups in total. The van der Waals surface area contributed by atoms with Gasteiger partial charge in [-0.25, -0.2) is 13.2 Å². The second kappa shape index (κ2) is 4.71. The lowest BCUT2D eigenvalue weighted by atomic mass is 10.2. The number of carboxylic acids is 1. The number of benzene rings is 1. The van der Waals surface area contributed by atoms with Crippen LogP contribution in [0, 0.1) is 0 Å². The van der Waals surface area contributed by atoms with Crippen molar-refractivity contribution in [2.75, 3.05) is 6.54 Å². The minimum atomic E-state index is -3.90. The molecular weight excluding hydrogens is 298 g/mol. The van der Waals surface area contributed by atoms with Crippen LogP contribution in [0.3, 0.4) is 0 Å². The summed E-state index contributed by atoms with van der Waals surface area (Å²) in [5.74, 6) is -1.15. The second-order valence-corrected chi connectivity index (χ2v) is 6.79. The average molecular weight is 311 g/mol. The molecule has 1 aromatic heterocycles. The molecule has 0 saturated carbocycles. The predicted molar refractivity (Wildman–Crippen MR) is 73.5 cm³/mol. The van der Waals surface area contributed by atoms with Gasteiger partial charge in [0.25, 0.3) is 0 Å². The number of hydrogen-bond donors (Lipinski definition) is 3. The van der Waals surface area contributed by atoms with E-state index in [-0.39, 0.29) is 11.4 Å². The number of aromatic amines is 2. The molecule has 1 aliphatic heterocycles.